The summed E-state index contributed by atoms with van der Waals surface area (Å²) >= 11 is 0. The summed E-state index contributed by atoms with van der Waals surface area (Å²) in [6.45, 7) is 4.68. The van der Waals surface area contributed by atoms with Gasteiger partial charge in [-0.1, -0.05) is 32.0 Å². The Bertz CT molecular complexity index is 446. The number of fused-ring (bicyclic) bond motifs is 1. The van der Waals surface area contributed by atoms with E-state index >= 15 is 0 Å². The van der Waals surface area contributed by atoms with E-state index in [1.54, 1.807) is 0 Å². The maximum atomic E-state index is 6.38. The van der Waals surface area contributed by atoms with Crippen molar-refractivity contribution >= 4 is 0 Å². The van der Waals surface area contributed by atoms with Crippen molar-refractivity contribution in [1.82, 2.24) is 0 Å². The quantitative estimate of drug-likeness (QED) is 0.825. The largest absolute Gasteiger partial charge is 0.487 e. The highest BCUT2D eigenvalue weighted by Crippen LogP contribution is 2.47. The van der Waals surface area contributed by atoms with Gasteiger partial charge in [0.15, 0.2) is 0 Å². The topological polar surface area (TPSA) is 35.2 Å². The Balaban J connectivity index is 1.78. The SMILES string of the molecule is CC(C)C1CCC2(CC1)C[C@H](N)c1ccccc1O2. The molecule has 1 aliphatic carbocycles. The standard InChI is InChI=1S/C17H25NO/c1-12(2)13-7-9-17(10-8-13)11-15(18)14-5-3-4-6-16(14)19-17/h3-6,12-13,15H,7-11,18H2,1-2H3/t13?,15-,17?/m0/s1. The van der Waals surface area contributed by atoms with E-state index in [0.717, 1.165) is 36.8 Å². The molecule has 3 rings (SSSR count). The summed E-state index contributed by atoms with van der Waals surface area (Å²) < 4.78 is 6.38. The van der Waals surface area contributed by atoms with Gasteiger partial charge in [0.1, 0.15) is 11.4 Å². The van der Waals surface area contributed by atoms with Crippen molar-refractivity contribution in [3.8, 4) is 5.75 Å². The summed E-state index contributed by atoms with van der Waals surface area (Å²) in [6.07, 6.45) is 5.88. The molecule has 1 spiro atoms. The van der Waals surface area contributed by atoms with Crippen molar-refractivity contribution in [2.24, 2.45) is 17.6 Å². The third-order valence-corrected chi connectivity index (χ3v) is 5.12. The number of para-hydroxylation sites is 1. The van der Waals surface area contributed by atoms with Crippen LogP contribution in [0.5, 0.6) is 5.75 Å². The monoisotopic (exact) mass is 259 g/mol. The van der Waals surface area contributed by atoms with E-state index in [9.17, 15) is 0 Å². The fourth-order valence-corrected chi connectivity index (χ4v) is 3.80. The van der Waals surface area contributed by atoms with E-state index in [0.29, 0.717) is 0 Å². The van der Waals surface area contributed by atoms with Gasteiger partial charge in [-0.2, -0.15) is 0 Å². The molecule has 1 aromatic carbocycles. The van der Waals surface area contributed by atoms with Crippen LogP contribution in [-0.4, -0.2) is 5.60 Å². The van der Waals surface area contributed by atoms with Gasteiger partial charge >= 0.3 is 0 Å². The zero-order valence-electron chi connectivity index (χ0n) is 12.1. The van der Waals surface area contributed by atoms with Crippen LogP contribution in [0.3, 0.4) is 0 Å². The molecule has 0 unspecified atom stereocenters. The van der Waals surface area contributed by atoms with E-state index < -0.39 is 0 Å². The molecule has 0 amide bonds. The Hall–Kier alpha value is -1.02. The highest BCUT2D eigenvalue weighted by Gasteiger charge is 2.42. The lowest BCUT2D eigenvalue weighted by molar-refractivity contribution is -0.0160. The Morgan fingerprint density at radius 2 is 1.89 bits per heavy atom. The van der Waals surface area contributed by atoms with Gasteiger partial charge in [-0.15, -0.1) is 0 Å². The van der Waals surface area contributed by atoms with Crippen LogP contribution in [0, 0.1) is 11.8 Å². The summed E-state index contributed by atoms with van der Waals surface area (Å²) in [4.78, 5) is 0. The Kier molecular flexibility index (Phi) is 3.30. The highest BCUT2D eigenvalue weighted by molar-refractivity contribution is 5.38. The molecule has 2 N–H and O–H groups in total. The third kappa shape index (κ3) is 2.38. The van der Waals surface area contributed by atoms with Crippen LogP contribution in [0.4, 0.5) is 0 Å². The minimum absolute atomic E-state index is 0.0131. The maximum Gasteiger partial charge on any atom is 0.124 e. The van der Waals surface area contributed by atoms with Gasteiger partial charge in [-0.05, 0) is 43.6 Å². The van der Waals surface area contributed by atoms with E-state index in [2.05, 4.69) is 32.0 Å². The van der Waals surface area contributed by atoms with E-state index in [1.807, 2.05) is 6.07 Å². The molecule has 1 atom stereocenters. The van der Waals surface area contributed by atoms with Crippen molar-refractivity contribution < 1.29 is 4.74 Å². The minimum atomic E-state index is 0.0131. The predicted octanol–water partition coefficient (Wildman–Crippen LogP) is 4.05. The van der Waals surface area contributed by atoms with Crippen molar-refractivity contribution in [3.05, 3.63) is 29.8 Å². The Morgan fingerprint density at radius 1 is 1.21 bits per heavy atom. The molecule has 2 nitrogen and oxygen atoms in total. The van der Waals surface area contributed by atoms with Crippen LogP contribution in [0.2, 0.25) is 0 Å². The zero-order valence-corrected chi connectivity index (χ0v) is 12.1. The lowest BCUT2D eigenvalue weighted by Crippen LogP contribution is -2.46. The first-order chi connectivity index (χ1) is 9.10. The molecule has 0 bridgehead atoms. The van der Waals surface area contributed by atoms with Crippen molar-refractivity contribution in [2.75, 3.05) is 0 Å². The van der Waals surface area contributed by atoms with Gasteiger partial charge in [-0.3, -0.25) is 0 Å². The first kappa shape index (κ1) is 13.0. The molecule has 0 radical (unpaired) electrons. The second-order valence-corrected chi connectivity index (χ2v) is 6.71. The second-order valence-electron chi connectivity index (χ2n) is 6.71. The smallest absolute Gasteiger partial charge is 0.124 e. The number of rotatable bonds is 1. The molecule has 1 aliphatic heterocycles. The lowest BCUT2D eigenvalue weighted by Gasteiger charge is -2.46. The summed E-state index contributed by atoms with van der Waals surface area (Å²) in [5.41, 5.74) is 7.56. The molecule has 0 saturated heterocycles. The van der Waals surface area contributed by atoms with Crippen LogP contribution in [0.15, 0.2) is 24.3 Å². The lowest BCUT2D eigenvalue weighted by atomic mass is 9.71. The summed E-state index contributed by atoms with van der Waals surface area (Å²) in [7, 11) is 0. The van der Waals surface area contributed by atoms with Crippen LogP contribution in [-0.2, 0) is 0 Å². The first-order valence-electron chi connectivity index (χ1n) is 7.63. The number of hydrogen-bond donors (Lipinski definition) is 1. The molecule has 1 aromatic rings. The van der Waals surface area contributed by atoms with Gasteiger partial charge in [0, 0.05) is 18.0 Å². The van der Waals surface area contributed by atoms with Crippen LogP contribution >= 0.6 is 0 Å². The summed E-state index contributed by atoms with van der Waals surface area (Å²) in [5, 5.41) is 0. The Labute approximate surface area is 116 Å². The molecule has 104 valence electrons. The van der Waals surface area contributed by atoms with Crippen molar-refractivity contribution in [3.63, 3.8) is 0 Å². The number of benzene rings is 1. The molecule has 1 heterocycles. The highest BCUT2D eigenvalue weighted by atomic mass is 16.5. The second kappa shape index (κ2) is 4.82. The molecule has 2 aliphatic rings. The van der Waals surface area contributed by atoms with Gasteiger partial charge in [0.2, 0.25) is 0 Å². The van der Waals surface area contributed by atoms with Gasteiger partial charge in [0.05, 0.1) is 0 Å². The van der Waals surface area contributed by atoms with Gasteiger partial charge < -0.3 is 10.5 Å². The molecule has 0 aromatic heterocycles. The van der Waals surface area contributed by atoms with Crippen LogP contribution < -0.4 is 10.5 Å². The van der Waals surface area contributed by atoms with Crippen LogP contribution in [0.25, 0.3) is 0 Å². The van der Waals surface area contributed by atoms with Crippen molar-refractivity contribution in [1.29, 1.82) is 0 Å². The minimum Gasteiger partial charge on any atom is -0.487 e. The molecule has 1 saturated carbocycles. The normalized spacial score (nSPS) is 34.1. The number of ether oxygens (including phenoxy) is 1. The predicted molar refractivity (Wildman–Crippen MR) is 78.1 cm³/mol. The average molecular weight is 259 g/mol. The third-order valence-electron chi connectivity index (χ3n) is 5.12. The maximum absolute atomic E-state index is 6.38. The molecular weight excluding hydrogens is 234 g/mol. The van der Waals surface area contributed by atoms with Gasteiger partial charge in [-0.25, -0.2) is 0 Å². The average Bonchev–Trinajstić information content (AvgIpc) is 2.39. The Morgan fingerprint density at radius 3 is 2.58 bits per heavy atom. The molecular formula is C17H25NO. The van der Waals surface area contributed by atoms with E-state index in [-0.39, 0.29) is 11.6 Å². The number of hydrogen-bond acceptors (Lipinski definition) is 2. The summed E-state index contributed by atoms with van der Waals surface area (Å²) in [6, 6.07) is 8.41. The molecule has 1 fully saturated rings. The van der Waals surface area contributed by atoms with Gasteiger partial charge in [0.25, 0.3) is 0 Å². The number of nitrogens with two attached hydrogens (primary N) is 1. The zero-order chi connectivity index (χ0) is 13.5. The fraction of sp³-hybridized carbons (Fsp3) is 0.647. The van der Waals surface area contributed by atoms with Crippen LogP contribution in [0.1, 0.15) is 57.6 Å². The molecule has 2 heteroatoms. The fourth-order valence-electron chi connectivity index (χ4n) is 3.80. The molecule has 19 heavy (non-hydrogen) atoms. The first-order valence-corrected chi connectivity index (χ1v) is 7.63. The van der Waals surface area contributed by atoms with E-state index in [1.165, 1.54) is 18.4 Å². The van der Waals surface area contributed by atoms with Crippen molar-refractivity contribution in [2.45, 2.75) is 57.6 Å². The van der Waals surface area contributed by atoms with E-state index in [4.69, 9.17) is 10.5 Å². The summed E-state index contributed by atoms with van der Waals surface area (Å²) in [5.74, 6) is 2.67.